The zero-order chi connectivity index (χ0) is 21.3. The van der Waals surface area contributed by atoms with E-state index < -0.39 is 6.04 Å². The monoisotopic (exact) mass is 406 g/mol. The third-order valence-corrected chi connectivity index (χ3v) is 5.01. The summed E-state index contributed by atoms with van der Waals surface area (Å²) in [4.78, 5) is 13.4. The standard InChI is InChI=1S/C21H22N6O3/c1-12-5-7-14(8-6-12)19-18(13(2)22-21-24-25-26-27(19)21)20(28)23-16-10-9-15(29-3)11-17(16)30-4/h5-11,19H,1-4H3,(H,23,28)(H,22,24,26). The third kappa shape index (κ3) is 3.45. The summed E-state index contributed by atoms with van der Waals surface area (Å²) in [7, 11) is 3.12. The molecule has 1 aliphatic heterocycles. The summed E-state index contributed by atoms with van der Waals surface area (Å²) in [6, 6.07) is 12.7. The molecule has 0 spiro atoms. The smallest absolute Gasteiger partial charge is 0.255 e. The van der Waals surface area contributed by atoms with Crippen LogP contribution in [-0.2, 0) is 4.79 Å². The van der Waals surface area contributed by atoms with Gasteiger partial charge in [0.05, 0.1) is 25.5 Å². The first-order valence-corrected chi connectivity index (χ1v) is 9.37. The number of hydrogen-bond acceptors (Lipinski definition) is 7. The fourth-order valence-corrected chi connectivity index (χ4v) is 3.45. The van der Waals surface area contributed by atoms with E-state index in [4.69, 9.17) is 9.47 Å². The lowest BCUT2D eigenvalue weighted by atomic mass is 9.94. The van der Waals surface area contributed by atoms with Crippen LogP contribution in [0.5, 0.6) is 11.5 Å². The Bertz CT molecular complexity index is 1120. The number of aryl methyl sites for hydroxylation is 1. The third-order valence-electron chi connectivity index (χ3n) is 5.01. The van der Waals surface area contributed by atoms with Gasteiger partial charge >= 0.3 is 0 Å². The molecule has 0 bridgehead atoms. The first kappa shape index (κ1) is 19.4. The van der Waals surface area contributed by atoms with Crippen molar-refractivity contribution in [2.75, 3.05) is 24.9 Å². The maximum Gasteiger partial charge on any atom is 0.255 e. The predicted molar refractivity (Wildman–Crippen MR) is 112 cm³/mol. The fourth-order valence-electron chi connectivity index (χ4n) is 3.45. The van der Waals surface area contributed by atoms with Gasteiger partial charge in [-0.1, -0.05) is 34.9 Å². The zero-order valence-electron chi connectivity index (χ0n) is 17.1. The Hall–Kier alpha value is -3.88. The topological polar surface area (TPSA) is 103 Å². The number of tetrazole rings is 1. The number of carbonyl (C=O) groups is 1. The predicted octanol–water partition coefficient (Wildman–Crippen LogP) is 2.93. The summed E-state index contributed by atoms with van der Waals surface area (Å²) in [6.07, 6.45) is 0. The number of nitrogens with zero attached hydrogens (tertiary/aromatic N) is 4. The van der Waals surface area contributed by atoms with Gasteiger partial charge in [-0.25, -0.2) is 0 Å². The molecular weight excluding hydrogens is 384 g/mol. The average Bonchev–Trinajstić information content (AvgIpc) is 3.21. The Morgan fingerprint density at radius 2 is 1.87 bits per heavy atom. The van der Waals surface area contributed by atoms with Crippen molar-refractivity contribution in [1.29, 1.82) is 0 Å². The number of ether oxygens (including phenoxy) is 2. The molecule has 3 aromatic rings. The summed E-state index contributed by atoms with van der Waals surface area (Å²) in [6.45, 7) is 3.85. The van der Waals surface area contributed by atoms with Crippen LogP contribution in [0.4, 0.5) is 11.6 Å². The molecule has 1 aliphatic rings. The van der Waals surface area contributed by atoms with Crippen molar-refractivity contribution in [2.45, 2.75) is 19.9 Å². The quantitative estimate of drug-likeness (QED) is 0.671. The lowest BCUT2D eigenvalue weighted by Gasteiger charge is -2.28. The van der Waals surface area contributed by atoms with Crippen molar-refractivity contribution >= 4 is 17.5 Å². The second kappa shape index (κ2) is 7.86. The lowest BCUT2D eigenvalue weighted by molar-refractivity contribution is -0.113. The van der Waals surface area contributed by atoms with Crippen molar-refractivity contribution in [3.8, 4) is 11.5 Å². The van der Waals surface area contributed by atoms with E-state index in [1.807, 2.05) is 38.1 Å². The van der Waals surface area contributed by atoms with Crippen LogP contribution in [0.3, 0.4) is 0 Å². The molecule has 30 heavy (non-hydrogen) atoms. The normalized spacial score (nSPS) is 15.3. The first-order valence-electron chi connectivity index (χ1n) is 9.37. The van der Waals surface area contributed by atoms with Gasteiger partial charge in [-0.05, 0) is 42.0 Å². The minimum Gasteiger partial charge on any atom is -0.497 e. The molecule has 0 fully saturated rings. The van der Waals surface area contributed by atoms with E-state index in [1.54, 1.807) is 37.1 Å². The molecule has 1 aromatic heterocycles. The summed E-state index contributed by atoms with van der Waals surface area (Å²) in [5, 5.41) is 17.9. The van der Waals surface area contributed by atoms with Crippen molar-refractivity contribution in [3.63, 3.8) is 0 Å². The van der Waals surface area contributed by atoms with Gasteiger partial charge in [-0.3, -0.25) is 4.79 Å². The number of fused-ring (bicyclic) bond motifs is 1. The Balaban J connectivity index is 1.74. The van der Waals surface area contributed by atoms with Crippen LogP contribution in [0, 0.1) is 6.92 Å². The van der Waals surface area contributed by atoms with E-state index in [-0.39, 0.29) is 5.91 Å². The zero-order valence-corrected chi connectivity index (χ0v) is 17.1. The van der Waals surface area contributed by atoms with Gasteiger partial charge in [0.2, 0.25) is 5.95 Å². The van der Waals surface area contributed by atoms with Crippen LogP contribution in [0.1, 0.15) is 24.1 Å². The molecule has 2 N–H and O–H groups in total. The van der Waals surface area contributed by atoms with Gasteiger partial charge < -0.3 is 20.1 Å². The second-order valence-electron chi connectivity index (χ2n) is 6.94. The van der Waals surface area contributed by atoms with Crippen molar-refractivity contribution < 1.29 is 14.3 Å². The molecule has 2 heterocycles. The fraction of sp³-hybridized carbons (Fsp3) is 0.238. The Morgan fingerprint density at radius 3 is 2.57 bits per heavy atom. The van der Waals surface area contributed by atoms with Crippen LogP contribution in [0.15, 0.2) is 53.7 Å². The van der Waals surface area contributed by atoms with E-state index in [2.05, 4.69) is 26.2 Å². The molecule has 1 unspecified atom stereocenters. The molecule has 154 valence electrons. The molecule has 4 rings (SSSR count). The van der Waals surface area contributed by atoms with Gasteiger partial charge in [0, 0.05) is 11.8 Å². The highest BCUT2D eigenvalue weighted by Gasteiger charge is 2.34. The van der Waals surface area contributed by atoms with E-state index in [9.17, 15) is 4.79 Å². The summed E-state index contributed by atoms with van der Waals surface area (Å²) in [5.74, 6) is 1.34. The van der Waals surface area contributed by atoms with Gasteiger partial charge in [0.25, 0.3) is 5.91 Å². The van der Waals surface area contributed by atoms with Crippen LogP contribution in [0.2, 0.25) is 0 Å². The molecule has 9 nitrogen and oxygen atoms in total. The van der Waals surface area contributed by atoms with Gasteiger partial charge in [0.15, 0.2) is 0 Å². The number of rotatable bonds is 5. The number of hydrogen-bond donors (Lipinski definition) is 2. The number of benzene rings is 2. The molecule has 0 saturated carbocycles. The molecule has 0 radical (unpaired) electrons. The van der Waals surface area contributed by atoms with Crippen molar-refractivity contribution in [1.82, 2.24) is 20.2 Å². The minimum absolute atomic E-state index is 0.282. The second-order valence-corrected chi connectivity index (χ2v) is 6.94. The Kier molecular flexibility index (Phi) is 5.09. The van der Waals surface area contributed by atoms with E-state index in [0.717, 1.165) is 11.1 Å². The molecule has 1 atom stereocenters. The van der Waals surface area contributed by atoms with Crippen LogP contribution in [0.25, 0.3) is 0 Å². The van der Waals surface area contributed by atoms with E-state index in [0.29, 0.717) is 34.4 Å². The minimum atomic E-state index is -0.471. The van der Waals surface area contributed by atoms with E-state index in [1.165, 1.54) is 0 Å². The van der Waals surface area contributed by atoms with Gasteiger partial charge in [-0.15, -0.1) is 0 Å². The highest BCUT2D eigenvalue weighted by Crippen LogP contribution is 2.36. The summed E-state index contributed by atoms with van der Waals surface area (Å²) in [5.41, 5.74) is 3.75. The van der Waals surface area contributed by atoms with Crippen LogP contribution >= 0.6 is 0 Å². The maximum absolute atomic E-state index is 13.4. The molecule has 2 aromatic carbocycles. The number of methoxy groups -OCH3 is 2. The highest BCUT2D eigenvalue weighted by atomic mass is 16.5. The molecule has 1 amide bonds. The lowest BCUT2D eigenvalue weighted by Crippen LogP contribution is -2.31. The molecule has 0 aliphatic carbocycles. The average molecular weight is 406 g/mol. The number of anilines is 2. The number of amides is 1. The number of aromatic nitrogens is 4. The van der Waals surface area contributed by atoms with E-state index >= 15 is 0 Å². The van der Waals surface area contributed by atoms with Crippen molar-refractivity contribution in [3.05, 3.63) is 64.9 Å². The summed E-state index contributed by atoms with van der Waals surface area (Å²) >= 11 is 0. The first-order chi connectivity index (χ1) is 14.5. The van der Waals surface area contributed by atoms with Gasteiger partial charge in [-0.2, -0.15) is 4.68 Å². The maximum atomic E-state index is 13.4. The molecule has 9 heteroatoms. The Labute approximate surface area is 173 Å². The van der Waals surface area contributed by atoms with Crippen LogP contribution in [-0.4, -0.2) is 40.3 Å². The number of allylic oxidation sites excluding steroid dienone is 1. The SMILES string of the molecule is COc1ccc(NC(=O)C2=C(C)Nc3nnnn3C2c2ccc(C)cc2)c(OC)c1. The summed E-state index contributed by atoms with van der Waals surface area (Å²) < 4.78 is 12.2. The number of carbonyl (C=O) groups excluding carboxylic acids is 1. The van der Waals surface area contributed by atoms with Crippen molar-refractivity contribution in [2.24, 2.45) is 0 Å². The highest BCUT2D eigenvalue weighted by molar-refractivity contribution is 6.06. The van der Waals surface area contributed by atoms with Crippen LogP contribution < -0.4 is 20.1 Å². The molecular formula is C21H22N6O3. The Morgan fingerprint density at radius 1 is 1.10 bits per heavy atom. The largest absolute Gasteiger partial charge is 0.497 e. The molecule has 0 saturated heterocycles. The van der Waals surface area contributed by atoms with Gasteiger partial charge in [0.1, 0.15) is 17.5 Å². The number of nitrogens with one attached hydrogen (secondary N) is 2.